The van der Waals surface area contributed by atoms with E-state index in [9.17, 15) is 67.7 Å². The predicted octanol–water partition coefficient (Wildman–Crippen LogP) is -5.88. The van der Waals surface area contributed by atoms with Gasteiger partial charge in [-0.25, -0.2) is 0 Å². The summed E-state index contributed by atoms with van der Waals surface area (Å²) in [5, 5.41) is 44.9. The highest BCUT2D eigenvalue weighted by molar-refractivity contribution is 5.99. The van der Waals surface area contributed by atoms with E-state index in [1.807, 2.05) is 0 Å². The molecule has 2 aliphatic heterocycles. The molecule has 2 saturated heterocycles. The lowest BCUT2D eigenvalue weighted by Gasteiger charge is -2.32. The Kier molecular flexibility index (Phi) is 38.6. The van der Waals surface area contributed by atoms with Crippen LogP contribution >= 0.6 is 0 Å². The SMILES string of the molecule is C[C@H](NC(=O)CN)C(=O)NCC(=O)N1C[C@H](O)C[C@H]1C(=O)N1CCC[C@H]1C(=O)N[C@@H](Cc1ccc(O)cc1)C(=O)N[C@@H](CCCCN)C(=O)N[C@@H](CCCCN)C(=O)N[C@@H](CCCCN)C(=O)N[C@@H](CCCCN)C(=O)N[C@@H](CCCCN)C(=O)N[C@@H](CCCCN)C(N)=O. The van der Waals surface area contributed by atoms with Crippen LogP contribution in [0.25, 0.3) is 0 Å². The molecule has 0 aromatic heterocycles. The van der Waals surface area contributed by atoms with Crippen molar-refractivity contribution in [1.29, 1.82) is 0 Å². The minimum Gasteiger partial charge on any atom is -0.508 e. The van der Waals surface area contributed by atoms with Gasteiger partial charge in [0.05, 0.1) is 19.2 Å². The number of nitrogens with zero attached hydrogens (tertiary/aromatic N) is 2. The largest absolute Gasteiger partial charge is 0.508 e. The Morgan fingerprint density at radius 3 is 1.24 bits per heavy atom. The minimum absolute atomic E-state index is 0.000487. The Labute approximate surface area is 556 Å². The summed E-state index contributed by atoms with van der Waals surface area (Å²) < 4.78 is 0. The zero-order chi connectivity index (χ0) is 70.4. The van der Waals surface area contributed by atoms with Gasteiger partial charge in [-0.15, -0.1) is 0 Å². The number of aromatic hydroxyl groups is 1. The van der Waals surface area contributed by atoms with Crippen LogP contribution in [-0.2, 0) is 64.0 Å². The lowest BCUT2D eigenvalue weighted by Crippen LogP contribution is -2.60. The van der Waals surface area contributed by atoms with Crippen molar-refractivity contribution in [2.45, 2.75) is 215 Å². The van der Waals surface area contributed by atoms with Crippen LogP contribution in [0.5, 0.6) is 5.75 Å². The normalized spacial score (nSPS) is 17.7. The summed E-state index contributed by atoms with van der Waals surface area (Å²) in [7, 11) is 0. The third kappa shape index (κ3) is 29.1. The van der Waals surface area contributed by atoms with Crippen molar-refractivity contribution >= 4 is 70.9 Å². The summed E-state index contributed by atoms with van der Waals surface area (Å²) in [5.41, 5.74) is 46.2. The second-order valence-corrected chi connectivity index (χ2v) is 24.3. The molecule has 0 saturated carbocycles. The van der Waals surface area contributed by atoms with Crippen LogP contribution in [0.1, 0.15) is 147 Å². The molecular weight excluding hydrogens is 1230 g/mol. The Bertz CT molecular complexity index is 2630. The van der Waals surface area contributed by atoms with Crippen LogP contribution < -0.4 is 93.7 Å². The maximum absolute atomic E-state index is 14.8. The second kappa shape index (κ2) is 44.9. The number of unbranched alkanes of at least 4 members (excludes halogenated alkanes) is 6. The number of phenols is 1. The van der Waals surface area contributed by atoms with Gasteiger partial charge in [0.25, 0.3) is 0 Å². The summed E-state index contributed by atoms with van der Waals surface area (Å²) in [5.74, 6) is -8.87. The first-order valence-corrected chi connectivity index (χ1v) is 33.4. The number of likely N-dealkylation sites (tertiary alicyclic amines) is 2. The average molecular weight is 1340 g/mol. The number of nitrogens with one attached hydrogen (secondary N) is 9. The number of aliphatic hydroxyl groups excluding tert-OH is 1. The number of hydrogen-bond acceptors (Lipinski definition) is 21. The van der Waals surface area contributed by atoms with Crippen molar-refractivity contribution in [1.82, 2.24) is 57.7 Å². The number of amides is 12. The fourth-order valence-electron chi connectivity index (χ4n) is 11.2. The van der Waals surface area contributed by atoms with Gasteiger partial charge in [0.1, 0.15) is 66.2 Å². The highest BCUT2D eigenvalue weighted by atomic mass is 16.3. The highest BCUT2D eigenvalue weighted by Crippen LogP contribution is 2.26. The van der Waals surface area contributed by atoms with E-state index in [4.69, 9.17) is 45.9 Å². The average Bonchev–Trinajstić information content (AvgIpc) is 1.67. The van der Waals surface area contributed by atoms with Crippen molar-refractivity contribution in [3.05, 3.63) is 29.8 Å². The van der Waals surface area contributed by atoms with Crippen LogP contribution in [0.4, 0.5) is 0 Å². The van der Waals surface area contributed by atoms with Crippen molar-refractivity contribution in [3.63, 3.8) is 0 Å². The standard InChI is InChI=1S/C62H109N19O14/c1-38(72-51(84)35-69)54(87)71-36-52(85)81-37-41(83)34-50(81)62(95)80-32-14-21-49(80)61(94)79-48(33-39-22-24-40(82)25-23-39)60(93)78-47(20-7-13-31-68)59(92)77-46(19-6-12-30-67)58(91)76-45(18-5-11-29-66)57(90)75-44(17-4-10-28-65)56(89)74-43(16-3-9-27-64)55(88)73-42(53(70)86)15-2-8-26-63/h22-25,38,41-50,82-83H,2-21,26-37,63-69H2,1H3,(H2,70,86)(H,71,87)(H,72,84)(H,73,88)(H,74,89)(H,75,90)(H,76,91)(H,77,92)(H,78,93)(H,79,94)/t38-,41+,42-,43-,44-,45-,46-,47-,48-,49-,50-/m0/s1. The van der Waals surface area contributed by atoms with Crippen molar-refractivity contribution < 1.29 is 67.7 Å². The molecule has 3 rings (SSSR count). The predicted molar refractivity (Wildman–Crippen MR) is 352 cm³/mol. The Morgan fingerprint density at radius 1 is 0.484 bits per heavy atom. The number of primary amides is 1. The third-order valence-electron chi connectivity index (χ3n) is 16.6. The molecule has 11 atom stereocenters. The molecule has 0 unspecified atom stereocenters. The monoisotopic (exact) mass is 1340 g/mol. The van der Waals surface area contributed by atoms with E-state index in [1.165, 1.54) is 36.1 Å². The molecule has 0 bridgehead atoms. The smallest absolute Gasteiger partial charge is 0.246 e. The number of nitrogens with two attached hydrogens (primary N) is 8. The topological polar surface area (TPSA) is 568 Å². The van der Waals surface area contributed by atoms with Crippen molar-refractivity contribution in [2.75, 3.05) is 65.4 Å². The van der Waals surface area contributed by atoms with Crippen LogP contribution in [0, 0.1) is 0 Å². The number of carbonyl (C=O) groups is 12. The molecule has 2 aliphatic rings. The van der Waals surface area contributed by atoms with Gasteiger partial charge in [0.2, 0.25) is 70.9 Å². The fraction of sp³-hybridized carbons (Fsp3) is 0.710. The summed E-state index contributed by atoms with van der Waals surface area (Å²) in [6.07, 6.45) is 4.63. The molecule has 2 fully saturated rings. The van der Waals surface area contributed by atoms with Crippen molar-refractivity contribution in [2.24, 2.45) is 45.9 Å². The Morgan fingerprint density at radius 2 is 0.863 bits per heavy atom. The zero-order valence-electron chi connectivity index (χ0n) is 55.1. The van der Waals surface area contributed by atoms with E-state index >= 15 is 0 Å². The number of benzene rings is 1. The molecule has 536 valence electrons. The molecule has 1 aromatic carbocycles. The van der Waals surface area contributed by atoms with Crippen LogP contribution in [0.15, 0.2) is 24.3 Å². The molecule has 0 radical (unpaired) electrons. The maximum atomic E-state index is 14.8. The summed E-state index contributed by atoms with van der Waals surface area (Å²) in [4.78, 5) is 168. The third-order valence-corrected chi connectivity index (χ3v) is 16.6. The number of phenolic OH excluding ortho intramolecular Hbond substituents is 1. The van der Waals surface area contributed by atoms with Gasteiger partial charge in [0, 0.05) is 25.9 Å². The van der Waals surface area contributed by atoms with E-state index in [1.54, 1.807) is 0 Å². The van der Waals surface area contributed by atoms with Gasteiger partial charge < -0.3 is 114 Å². The zero-order valence-corrected chi connectivity index (χ0v) is 55.1. The lowest BCUT2D eigenvalue weighted by molar-refractivity contribution is -0.147. The van der Waals surface area contributed by atoms with Crippen molar-refractivity contribution in [3.8, 4) is 5.75 Å². The van der Waals surface area contributed by atoms with Gasteiger partial charge >= 0.3 is 0 Å². The van der Waals surface area contributed by atoms with E-state index in [0.717, 1.165) is 4.90 Å². The summed E-state index contributed by atoms with van der Waals surface area (Å²) in [6, 6.07) is -6.48. The first-order valence-electron chi connectivity index (χ1n) is 33.4. The van der Waals surface area contributed by atoms with E-state index in [2.05, 4.69) is 47.9 Å². The van der Waals surface area contributed by atoms with Gasteiger partial charge in [-0.3, -0.25) is 57.5 Å². The Balaban J connectivity index is 1.93. The van der Waals surface area contributed by atoms with Crippen LogP contribution in [0.2, 0.25) is 0 Å². The van der Waals surface area contributed by atoms with Gasteiger partial charge in [-0.1, -0.05) is 12.1 Å². The molecule has 0 spiro atoms. The Hall–Kier alpha value is -7.66. The number of carbonyl (C=O) groups excluding carboxylic acids is 12. The molecule has 12 amide bonds. The van der Waals surface area contributed by atoms with E-state index in [-0.39, 0.29) is 109 Å². The fourth-order valence-corrected chi connectivity index (χ4v) is 11.2. The number of aliphatic hydroxyl groups is 1. The number of hydrogen-bond donors (Lipinski definition) is 19. The summed E-state index contributed by atoms with van der Waals surface area (Å²) in [6.45, 7) is 1.90. The van der Waals surface area contributed by atoms with Gasteiger partial charge in [-0.2, -0.15) is 0 Å². The highest BCUT2D eigenvalue weighted by Gasteiger charge is 2.45. The second-order valence-electron chi connectivity index (χ2n) is 24.3. The first kappa shape index (κ1) is 81.6. The quantitative estimate of drug-likeness (QED) is 0.0270. The summed E-state index contributed by atoms with van der Waals surface area (Å²) >= 11 is 0. The lowest BCUT2D eigenvalue weighted by atomic mass is 10.0. The van der Waals surface area contributed by atoms with E-state index < -0.39 is 144 Å². The molecular formula is C62H109N19O14. The van der Waals surface area contributed by atoms with Crippen LogP contribution in [-0.4, -0.2) is 223 Å². The number of β-amino-alcohol motifs (C(OH)–C–C–N with tert-alkyl or cyclic N) is 1. The van der Waals surface area contributed by atoms with E-state index in [0.29, 0.717) is 102 Å². The number of rotatable bonds is 47. The molecule has 27 N–H and O–H groups in total. The first-order chi connectivity index (χ1) is 45.5. The molecule has 2 heterocycles. The molecule has 95 heavy (non-hydrogen) atoms. The van der Waals surface area contributed by atoms with Gasteiger partial charge in [0.15, 0.2) is 0 Å². The van der Waals surface area contributed by atoms with Crippen LogP contribution in [0.3, 0.4) is 0 Å². The van der Waals surface area contributed by atoms with Gasteiger partial charge in [-0.05, 0) is 192 Å². The molecule has 33 heteroatoms. The maximum Gasteiger partial charge on any atom is 0.246 e. The molecule has 0 aliphatic carbocycles. The molecule has 1 aromatic rings. The molecule has 33 nitrogen and oxygen atoms in total. The minimum atomic E-state index is -1.43.